The maximum Gasteiger partial charge on any atom is 0.191 e. The van der Waals surface area contributed by atoms with Crippen molar-refractivity contribution in [3.05, 3.63) is 59.5 Å². The molecule has 1 aromatic heterocycles. The van der Waals surface area contributed by atoms with Gasteiger partial charge < -0.3 is 15.1 Å². The van der Waals surface area contributed by atoms with Crippen molar-refractivity contribution in [2.45, 2.75) is 39.3 Å². The van der Waals surface area contributed by atoms with E-state index in [-0.39, 0.29) is 6.04 Å². The van der Waals surface area contributed by atoms with E-state index in [0.717, 1.165) is 43.7 Å². The quantitative estimate of drug-likeness (QED) is 0.590. The molecule has 1 saturated heterocycles. The summed E-state index contributed by atoms with van der Waals surface area (Å²) in [5.74, 6) is 2.86. The van der Waals surface area contributed by atoms with E-state index >= 15 is 0 Å². The molecule has 5 nitrogen and oxygen atoms in total. The number of aliphatic imine (C=N–C) groups is 1. The van der Waals surface area contributed by atoms with Crippen molar-refractivity contribution in [2.24, 2.45) is 4.99 Å². The number of benzene rings is 1. The van der Waals surface area contributed by atoms with Crippen molar-refractivity contribution in [1.82, 2.24) is 15.5 Å². The normalized spacial score (nSPS) is 16.6. The second kappa shape index (κ2) is 9.43. The summed E-state index contributed by atoms with van der Waals surface area (Å²) in [7, 11) is 0. The van der Waals surface area contributed by atoms with Gasteiger partial charge in [-0.05, 0) is 57.5 Å². The van der Waals surface area contributed by atoms with E-state index in [1.165, 1.54) is 18.4 Å². The van der Waals surface area contributed by atoms with Crippen LogP contribution in [0.1, 0.15) is 42.9 Å². The van der Waals surface area contributed by atoms with Crippen molar-refractivity contribution in [1.29, 1.82) is 0 Å². The molecule has 0 spiro atoms. The van der Waals surface area contributed by atoms with Gasteiger partial charge in [0.05, 0.1) is 12.6 Å². The number of hydrogen-bond donors (Lipinski definition) is 2. The highest BCUT2D eigenvalue weighted by Gasteiger charge is 2.26. The molecule has 1 aromatic carbocycles. The van der Waals surface area contributed by atoms with E-state index < -0.39 is 0 Å². The number of furan rings is 1. The molecule has 0 bridgehead atoms. The Morgan fingerprint density at radius 3 is 2.54 bits per heavy atom. The lowest BCUT2D eigenvalue weighted by Crippen LogP contribution is -2.42. The third-order valence-corrected chi connectivity index (χ3v) is 4.74. The Hall–Kier alpha value is -2.27. The van der Waals surface area contributed by atoms with Crippen molar-refractivity contribution in [3.63, 3.8) is 0 Å². The van der Waals surface area contributed by atoms with Crippen molar-refractivity contribution < 1.29 is 4.42 Å². The summed E-state index contributed by atoms with van der Waals surface area (Å²) in [6.07, 6.45) is 2.52. The van der Waals surface area contributed by atoms with Crippen molar-refractivity contribution in [2.75, 3.05) is 26.2 Å². The molecule has 2 heterocycles. The fraction of sp³-hybridized carbons (Fsp3) is 0.476. The fourth-order valence-electron chi connectivity index (χ4n) is 3.38. The third kappa shape index (κ3) is 5.11. The van der Waals surface area contributed by atoms with Crippen LogP contribution in [-0.4, -0.2) is 37.0 Å². The zero-order chi connectivity index (χ0) is 18.2. The molecule has 3 rings (SSSR count). The molecular weight excluding hydrogens is 324 g/mol. The summed E-state index contributed by atoms with van der Waals surface area (Å²) in [5, 5.41) is 6.86. The van der Waals surface area contributed by atoms with E-state index in [1.54, 1.807) is 0 Å². The number of guanidine groups is 1. The number of rotatable bonds is 7. The minimum Gasteiger partial charge on any atom is -0.465 e. The van der Waals surface area contributed by atoms with Crippen LogP contribution < -0.4 is 10.6 Å². The molecule has 1 aliphatic heterocycles. The molecule has 1 atom stereocenters. The van der Waals surface area contributed by atoms with E-state index in [0.29, 0.717) is 6.54 Å². The highest BCUT2D eigenvalue weighted by molar-refractivity contribution is 5.79. The first kappa shape index (κ1) is 18.5. The van der Waals surface area contributed by atoms with Gasteiger partial charge in [0.1, 0.15) is 11.5 Å². The van der Waals surface area contributed by atoms with Gasteiger partial charge in [-0.25, -0.2) is 4.99 Å². The maximum absolute atomic E-state index is 5.94. The third-order valence-electron chi connectivity index (χ3n) is 4.74. The number of hydrogen-bond acceptors (Lipinski definition) is 3. The van der Waals surface area contributed by atoms with Gasteiger partial charge in [0.25, 0.3) is 0 Å². The Balaban J connectivity index is 1.66. The molecular formula is C21H30N4O. The highest BCUT2D eigenvalue weighted by Crippen LogP contribution is 2.26. The summed E-state index contributed by atoms with van der Waals surface area (Å²) in [6, 6.07) is 14.7. The molecule has 2 aromatic rings. The molecule has 2 N–H and O–H groups in total. The average Bonchev–Trinajstić information content (AvgIpc) is 3.33. The smallest absolute Gasteiger partial charge is 0.191 e. The van der Waals surface area contributed by atoms with E-state index in [2.05, 4.69) is 40.7 Å². The molecule has 0 aliphatic carbocycles. The molecule has 0 amide bonds. The molecule has 140 valence electrons. The van der Waals surface area contributed by atoms with Gasteiger partial charge in [-0.15, -0.1) is 0 Å². The van der Waals surface area contributed by atoms with E-state index in [4.69, 9.17) is 9.41 Å². The van der Waals surface area contributed by atoms with Gasteiger partial charge in [0, 0.05) is 13.1 Å². The zero-order valence-corrected chi connectivity index (χ0v) is 15.9. The van der Waals surface area contributed by atoms with E-state index in [9.17, 15) is 0 Å². The van der Waals surface area contributed by atoms with Crippen molar-refractivity contribution in [3.8, 4) is 0 Å². The molecule has 0 radical (unpaired) electrons. The molecule has 5 heteroatoms. The maximum atomic E-state index is 5.94. The van der Waals surface area contributed by atoms with Crippen LogP contribution in [0.2, 0.25) is 0 Å². The van der Waals surface area contributed by atoms with Gasteiger partial charge in [-0.3, -0.25) is 4.90 Å². The Kier molecular flexibility index (Phi) is 6.72. The summed E-state index contributed by atoms with van der Waals surface area (Å²) >= 11 is 0. The number of aryl methyl sites for hydroxylation is 1. The second-order valence-electron chi connectivity index (χ2n) is 6.77. The Morgan fingerprint density at radius 1 is 1.12 bits per heavy atom. The zero-order valence-electron chi connectivity index (χ0n) is 15.9. The fourth-order valence-corrected chi connectivity index (χ4v) is 3.38. The van der Waals surface area contributed by atoms with Crippen LogP contribution in [0.25, 0.3) is 0 Å². The first-order valence-electron chi connectivity index (χ1n) is 9.62. The molecule has 1 fully saturated rings. The summed E-state index contributed by atoms with van der Waals surface area (Å²) < 4.78 is 5.94. The first-order chi connectivity index (χ1) is 12.8. The lowest BCUT2D eigenvalue weighted by Gasteiger charge is -2.26. The van der Waals surface area contributed by atoms with Crippen LogP contribution in [0.4, 0.5) is 0 Å². The molecule has 0 saturated carbocycles. The van der Waals surface area contributed by atoms with Crippen LogP contribution in [0.3, 0.4) is 0 Å². The van der Waals surface area contributed by atoms with Gasteiger partial charge >= 0.3 is 0 Å². The lowest BCUT2D eigenvalue weighted by molar-refractivity contribution is 0.213. The lowest BCUT2D eigenvalue weighted by atomic mass is 10.2. The molecule has 26 heavy (non-hydrogen) atoms. The van der Waals surface area contributed by atoms with Crippen LogP contribution in [0.15, 0.2) is 51.9 Å². The SMILES string of the molecule is CCNC(=NCc1ccccc1)NCC(c1ccc(C)o1)N1CCCC1. The second-order valence-corrected chi connectivity index (χ2v) is 6.77. The number of nitrogens with zero attached hydrogens (tertiary/aromatic N) is 2. The first-order valence-corrected chi connectivity index (χ1v) is 9.62. The Labute approximate surface area is 156 Å². The molecule has 1 aliphatic rings. The summed E-state index contributed by atoms with van der Waals surface area (Å²) in [5.41, 5.74) is 1.21. The monoisotopic (exact) mass is 354 g/mol. The number of likely N-dealkylation sites (tertiary alicyclic amines) is 1. The van der Waals surface area contributed by atoms with Gasteiger partial charge in [-0.1, -0.05) is 30.3 Å². The van der Waals surface area contributed by atoms with Crippen LogP contribution >= 0.6 is 0 Å². The van der Waals surface area contributed by atoms with Gasteiger partial charge in [-0.2, -0.15) is 0 Å². The Morgan fingerprint density at radius 2 is 1.88 bits per heavy atom. The Bertz CT molecular complexity index is 689. The standard InChI is InChI=1S/C21H30N4O/c1-3-22-21(23-15-18-9-5-4-6-10-18)24-16-19(25-13-7-8-14-25)20-12-11-17(2)26-20/h4-6,9-12,19H,3,7-8,13-16H2,1-2H3,(H2,22,23,24). The van der Waals surface area contributed by atoms with Gasteiger partial charge in [0.2, 0.25) is 0 Å². The summed E-state index contributed by atoms with van der Waals surface area (Å²) in [6.45, 7) is 8.65. The van der Waals surface area contributed by atoms with Crippen LogP contribution in [-0.2, 0) is 6.54 Å². The largest absolute Gasteiger partial charge is 0.465 e. The summed E-state index contributed by atoms with van der Waals surface area (Å²) in [4.78, 5) is 7.23. The van der Waals surface area contributed by atoms with E-state index in [1.807, 2.05) is 31.2 Å². The minimum atomic E-state index is 0.242. The minimum absolute atomic E-state index is 0.242. The molecule has 1 unspecified atom stereocenters. The van der Waals surface area contributed by atoms with Crippen molar-refractivity contribution >= 4 is 5.96 Å². The van der Waals surface area contributed by atoms with Crippen LogP contribution in [0, 0.1) is 6.92 Å². The highest BCUT2D eigenvalue weighted by atomic mass is 16.3. The number of nitrogens with one attached hydrogen (secondary N) is 2. The van der Waals surface area contributed by atoms with Crippen LogP contribution in [0.5, 0.6) is 0 Å². The predicted octanol–water partition coefficient (Wildman–Crippen LogP) is 3.48. The average molecular weight is 354 g/mol. The topological polar surface area (TPSA) is 52.8 Å². The predicted molar refractivity (Wildman–Crippen MR) is 106 cm³/mol. The van der Waals surface area contributed by atoms with Gasteiger partial charge in [0.15, 0.2) is 5.96 Å².